The van der Waals surface area contributed by atoms with Crippen LogP contribution in [0, 0.1) is 21.7 Å². The Hall–Kier alpha value is -2.78. The van der Waals surface area contributed by atoms with Crippen LogP contribution in [0.3, 0.4) is 0 Å². The van der Waals surface area contributed by atoms with Gasteiger partial charge in [-0.25, -0.2) is 8.78 Å². The third-order valence-electron chi connectivity index (χ3n) is 4.71. The van der Waals surface area contributed by atoms with Gasteiger partial charge in [0, 0.05) is 62.0 Å². The van der Waals surface area contributed by atoms with E-state index in [9.17, 15) is 23.7 Å². The molecule has 0 radical (unpaired) electrons. The lowest BCUT2D eigenvalue weighted by Crippen LogP contribution is -2.47. The Bertz CT molecular complexity index is 920. The Balaban J connectivity index is 1.49. The summed E-state index contributed by atoms with van der Waals surface area (Å²) in [6.07, 6.45) is 0.195. The Morgan fingerprint density at radius 3 is 2.48 bits per heavy atom. The molecule has 154 valence electrons. The minimum Gasteiger partial charge on any atom is -0.363 e. The van der Waals surface area contributed by atoms with Crippen molar-refractivity contribution in [3.8, 4) is 0 Å². The molecule has 1 saturated heterocycles. The number of nitro groups is 1. The van der Waals surface area contributed by atoms with Gasteiger partial charge in [0.05, 0.1) is 4.92 Å². The number of carbonyl (C=O) groups is 1. The number of halogens is 3. The van der Waals surface area contributed by atoms with E-state index >= 15 is 0 Å². The van der Waals surface area contributed by atoms with Crippen molar-refractivity contribution < 1.29 is 18.5 Å². The SMILES string of the molecule is O=C(CCN1CCN(c2ccc(Cl)cc2[N+](=O)[O-])CC1)Nc1ccc(F)c(F)c1. The molecule has 1 N–H and O–H groups in total. The van der Waals surface area contributed by atoms with Crippen molar-refractivity contribution in [1.82, 2.24) is 4.90 Å². The number of piperazine rings is 1. The second-order valence-corrected chi connectivity index (χ2v) is 7.08. The van der Waals surface area contributed by atoms with Crippen molar-refractivity contribution in [3.63, 3.8) is 0 Å². The molecule has 1 fully saturated rings. The molecule has 1 amide bonds. The lowest BCUT2D eigenvalue weighted by Gasteiger charge is -2.35. The summed E-state index contributed by atoms with van der Waals surface area (Å²) in [5, 5.41) is 14.1. The maximum absolute atomic E-state index is 13.2. The van der Waals surface area contributed by atoms with E-state index in [2.05, 4.69) is 10.2 Å². The molecule has 0 saturated carbocycles. The normalized spacial score (nSPS) is 14.7. The molecule has 0 unspecified atom stereocenters. The zero-order chi connectivity index (χ0) is 21.0. The molecular weight excluding hydrogens is 406 g/mol. The number of nitrogens with one attached hydrogen (secondary N) is 1. The second kappa shape index (κ2) is 9.15. The van der Waals surface area contributed by atoms with Crippen LogP contribution in [0.4, 0.5) is 25.8 Å². The zero-order valence-corrected chi connectivity index (χ0v) is 16.2. The fourth-order valence-electron chi connectivity index (χ4n) is 3.18. The molecule has 0 spiro atoms. The molecule has 2 aromatic carbocycles. The average Bonchev–Trinajstić information content (AvgIpc) is 2.69. The molecule has 10 heteroatoms. The van der Waals surface area contributed by atoms with Crippen molar-refractivity contribution >= 4 is 34.6 Å². The van der Waals surface area contributed by atoms with Gasteiger partial charge < -0.3 is 10.2 Å². The van der Waals surface area contributed by atoms with Crippen molar-refractivity contribution in [2.75, 3.05) is 42.9 Å². The minimum absolute atomic E-state index is 0.0307. The van der Waals surface area contributed by atoms with E-state index in [1.165, 1.54) is 12.1 Å². The fourth-order valence-corrected chi connectivity index (χ4v) is 3.35. The predicted molar refractivity (Wildman–Crippen MR) is 106 cm³/mol. The number of amides is 1. The van der Waals surface area contributed by atoms with Gasteiger partial charge in [0.1, 0.15) is 5.69 Å². The standard InChI is InChI=1S/C19H19ClF2N4O3/c20-13-1-4-17(18(11-13)26(28)29)25-9-7-24(8-10-25)6-5-19(27)23-14-2-3-15(21)16(22)12-14/h1-4,11-12H,5-10H2,(H,23,27). The fraction of sp³-hybridized carbons (Fsp3) is 0.316. The summed E-state index contributed by atoms with van der Waals surface area (Å²) < 4.78 is 26.1. The van der Waals surface area contributed by atoms with Crippen molar-refractivity contribution in [1.29, 1.82) is 0 Å². The van der Waals surface area contributed by atoms with Crippen LogP contribution in [0.2, 0.25) is 5.02 Å². The van der Waals surface area contributed by atoms with Gasteiger partial charge in [-0.2, -0.15) is 0 Å². The first-order valence-corrected chi connectivity index (χ1v) is 9.37. The summed E-state index contributed by atoms with van der Waals surface area (Å²) in [4.78, 5) is 26.9. The Labute approximate surface area is 171 Å². The monoisotopic (exact) mass is 424 g/mol. The highest BCUT2D eigenvalue weighted by molar-refractivity contribution is 6.30. The van der Waals surface area contributed by atoms with Crippen LogP contribution in [-0.4, -0.2) is 48.5 Å². The van der Waals surface area contributed by atoms with Crippen molar-refractivity contribution in [2.45, 2.75) is 6.42 Å². The van der Waals surface area contributed by atoms with E-state index in [4.69, 9.17) is 11.6 Å². The van der Waals surface area contributed by atoms with Crippen LogP contribution in [-0.2, 0) is 4.79 Å². The van der Waals surface area contributed by atoms with Crippen LogP contribution in [0.25, 0.3) is 0 Å². The minimum atomic E-state index is -1.02. The summed E-state index contributed by atoms with van der Waals surface area (Å²) in [5.41, 5.74) is 0.695. The molecule has 7 nitrogen and oxygen atoms in total. The highest BCUT2D eigenvalue weighted by Crippen LogP contribution is 2.31. The largest absolute Gasteiger partial charge is 0.363 e. The van der Waals surface area contributed by atoms with Crippen LogP contribution >= 0.6 is 11.6 Å². The summed E-state index contributed by atoms with van der Waals surface area (Å²) >= 11 is 5.86. The number of hydrogen-bond acceptors (Lipinski definition) is 5. The quantitative estimate of drug-likeness (QED) is 0.565. The van der Waals surface area contributed by atoms with Gasteiger partial charge in [0.15, 0.2) is 11.6 Å². The van der Waals surface area contributed by atoms with Gasteiger partial charge in [0.2, 0.25) is 5.91 Å². The molecule has 0 aromatic heterocycles. The molecule has 0 aliphatic carbocycles. The first-order valence-electron chi connectivity index (χ1n) is 8.99. The molecule has 0 bridgehead atoms. The Morgan fingerprint density at radius 2 is 1.83 bits per heavy atom. The number of hydrogen-bond donors (Lipinski definition) is 1. The third-order valence-corrected chi connectivity index (χ3v) is 4.94. The summed E-state index contributed by atoms with van der Waals surface area (Å²) in [5.74, 6) is -2.29. The maximum atomic E-state index is 13.2. The third kappa shape index (κ3) is 5.39. The smallest absolute Gasteiger partial charge is 0.294 e. The topological polar surface area (TPSA) is 78.7 Å². The number of carbonyl (C=O) groups excluding carboxylic acids is 1. The van der Waals surface area contributed by atoms with Crippen LogP contribution in [0.5, 0.6) is 0 Å². The van der Waals surface area contributed by atoms with E-state index in [1.54, 1.807) is 12.1 Å². The lowest BCUT2D eigenvalue weighted by molar-refractivity contribution is -0.384. The van der Waals surface area contributed by atoms with Gasteiger partial charge in [-0.15, -0.1) is 0 Å². The van der Waals surface area contributed by atoms with E-state index in [1.807, 2.05) is 4.90 Å². The highest BCUT2D eigenvalue weighted by atomic mass is 35.5. The lowest BCUT2D eigenvalue weighted by atomic mass is 10.2. The summed E-state index contributed by atoms with van der Waals surface area (Å²) in [6.45, 7) is 2.92. The molecule has 1 aliphatic heterocycles. The van der Waals surface area contributed by atoms with Gasteiger partial charge in [0.25, 0.3) is 5.69 Å². The summed E-state index contributed by atoms with van der Waals surface area (Å²) in [6, 6.07) is 7.80. The number of anilines is 2. The maximum Gasteiger partial charge on any atom is 0.294 e. The average molecular weight is 425 g/mol. The van der Waals surface area contributed by atoms with Crippen molar-refractivity contribution in [2.24, 2.45) is 0 Å². The van der Waals surface area contributed by atoms with Crippen LogP contribution in [0.15, 0.2) is 36.4 Å². The molecule has 29 heavy (non-hydrogen) atoms. The highest BCUT2D eigenvalue weighted by Gasteiger charge is 2.24. The van der Waals surface area contributed by atoms with Gasteiger partial charge >= 0.3 is 0 Å². The van der Waals surface area contributed by atoms with Gasteiger partial charge in [-0.1, -0.05) is 11.6 Å². The number of nitro benzene ring substituents is 1. The molecule has 2 aromatic rings. The molecular formula is C19H19ClF2N4O3. The second-order valence-electron chi connectivity index (χ2n) is 6.65. The Morgan fingerprint density at radius 1 is 1.10 bits per heavy atom. The van der Waals surface area contributed by atoms with E-state index in [-0.39, 0.29) is 23.7 Å². The van der Waals surface area contributed by atoms with Gasteiger partial charge in [-0.3, -0.25) is 19.8 Å². The first kappa shape index (κ1) is 20.9. The number of rotatable bonds is 6. The zero-order valence-electron chi connectivity index (χ0n) is 15.4. The van der Waals surface area contributed by atoms with Crippen molar-refractivity contribution in [3.05, 3.63) is 63.2 Å². The molecule has 0 atom stereocenters. The Kier molecular flexibility index (Phi) is 6.60. The summed E-state index contributed by atoms with van der Waals surface area (Å²) in [7, 11) is 0. The van der Waals surface area contributed by atoms with Gasteiger partial charge in [-0.05, 0) is 24.3 Å². The predicted octanol–water partition coefficient (Wildman–Crippen LogP) is 3.68. The number of nitrogens with zero attached hydrogens (tertiary/aromatic N) is 3. The van der Waals surface area contributed by atoms with E-state index in [0.29, 0.717) is 43.4 Å². The molecule has 1 heterocycles. The van der Waals surface area contributed by atoms with Crippen LogP contribution in [0.1, 0.15) is 6.42 Å². The van der Waals surface area contributed by atoms with E-state index in [0.717, 1.165) is 12.1 Å². The van der Waals surface area contributed by atoms with E-state index < -0.39 is 16.6 Å². The van der Waals surface area contributed by atoms with Crippen LogP contribution < -0.4 is 10.2 Å². The first-order chi connectivity index (χ1) is 13.8. The number of benzene rings is 2. The molecule has 1 aliphatic rings. The molecule has 3 rings (SSSR count).